The van der Waals surface area contributed by atoms with Crippen molar-refractivity contribution in [3.63, 3.8) is 0 Å². The number of nitrogens with zero attached hydrogens (tertiary/aromatic N) is 2. The van der Waals surface area contributed by atoms with Crippen LogP contribution in [-0.2, 0) is 0 Å². The molecule has 20 heavy (non-hydrogen) atoms. The predicted octanol–water partition coefficient (Wildman–Crippen LogP) is 2.14. The molecule has 1 rings (SSSR count). The van der Waals surface area contributed by atoms with Crippen molar-refractivity contribution in [1.82, 2.24) is 9.88 Å². The Bertz CT molecular complexity index is 441. The van der Waals surface area contributed by atoms with Crippen molar-refractivity contribution in [2.24, 2.45) is 0 Å². The quantitative estimate of drug-likeness (QED) is 0.802. The van der Waals surface area contributed by atoms with Crippen LogP contribution < -0.4 is 5.32 Å². The molecule has 0 bridgehead atoms. The number of likely N-dealkylation sites (N-methyl/N-ethyl adjacent to an activating group) is 1. The van der Waals surface area contributed by atoms with Crippen molar-refractivity contribution in [3.05, 3.63) is 24.0 Å². The number of aromatic nitrogens is 1. The number of aliphatic hydroxyl groups is 1. The summed E-state index contributed by atoms with van der Waals surface area (Å²) in [7, 11) is 0. The molecule has 0 unspecified atom stereocenters. The van der Waals surface area contributed by atoms with E-state index in [9.17, 15) is 9.90 Å². The fraction of sp³-hybridized carbons (Fsp3) is 0.600. The Morgan fingerprint density at radius 1 is 1.45 bits per heavy atom. The van der Waals surface area contributed by atoms with Crippen molar-refractivity contribution >= 4 is 11.6 Å². The third kappa shape index (κ3) is 5.17. The number of carbonyl (C=O) groups is 1. The van der Waals surface area contributed by atoms with Gasteiger partial charge in [0.1, 0.15) is 5.69 Å². The minimum absolute atomic E-state index is 0.158. The molecule has 1 aromatic rings. The Morgan fingerprint density at radius 3 is 2.70 bits per heavy atom. The van der Waals surface area contributed by atoms with Gasteiger partial charge in [0.15, 0.2) is 0 Å². The third-order valence-corrected chi connectivity index (χ3v) is 2.80. The number of anilines is 1. The third-order valence-electron chi connectivity index (χ3n) is 2.80. The smallest absolute Gasteiger partial charge is 0.272 e. The Kier molecular flexibility index (Phi) is 5.95. The highest BCUT2D eigenvalue weighted by Gasteiger charge is 2.23. The highest BCUT2D eigenvalue weighted by atomic mass is 16.3. The van der Waals surface area contributed by atoms with Crippen LogP contribution in [0.1, 0.15) is 44.6 Å². The second-order valence-electron chi connectivity index (χ2n) is 5.49. The fourth-order valence-corrected chi connectivity index (χ4v) is 1.88. The number of hydrogen-bond acceptors (Lipinski definition) is 4. The zero-order valence-electron chi connectivity index (χ0n) is 12.8. The Balaban J connectivity index is 2.84. The summed E-state index contributed by atoms with van der Waals surface area (Å²) in [5, 5.41) is 13.1. The van der Waals surface area contributed by atoms with Crippen LogP contribution in [0.15, 0.2) is 18.3 Å². The molecule has 0 spiro atoms. The van der Waals surface area contributed by atoms with Crippen LogP contribution in [0.5, 0.6) is 0 Å². The van der Waals surface area contributed by atoms with Crippen LogP contribution >= 0.6 is 0 Å². The standard InChI is InChI=1S/C15H25N3O2/c1-5-8-16-12-7-9-17-13(10-12)14(19)18(6-2)11-15(3,4)20/h7,9-10,20H,5-6,8,11H2,1-4H3,(H,16,17). The van der Waals surface area contributed by atoms with E-state index in [-0.39, 0.29) is 12.5 Å². The molecule has 112 valence electrons. The van der Waals surface area contributed by atoms with Gasteiger partial charge in [-0.3, -0.25) is 9.78 Å². The molecule has 0 saturated carbocycles. The molecule has 0 radical (unpaired) electrons. The number of amides is 1. The van der Waals surface area contributed by atoms with Crippen LogP contribution in [0.2, 0.25) is 0 Å². The van der Waals surface area contributed by atoms with Crippen molar-refractivity contribution in [2.75, 3.05) is 25.0 Å². The van der Waals surface area contributed by atoms with Gasteiger partial charge in [0.05, 0.1) is 5.60 Å². The summed E-state index contributed by atoms with van der Waals surface area (Å²) in [6, 6.07) is 3.60. The van der Waals surface area contributed by atoms with E-state index < -0.39 is 5.60 Å². The zero-order chi connectivity index (χ0) is 15.2. The van der Waals surface area contributed by atoms with Gasteiger partial charge in [-0.2, -0.15) is 0 Å². The molecule has 1 heterocycles. The summed E-state index contributed by atoms with van der Waals surface area (Å²) in [4.78, 5) is 18.1. The molecule has 0 aliphatic carbocycles. The Morgan fingerprint density at radius 2 is 2.15 bits per heavy atom. The predicted molar refractivity (Wildman–Crippen MR) is 80.9 cm³/mol. The monoisotopic (exact) mass is 279 g/mol. The van der Waals surface area contributed by atoms with E-state index in [0.29, 0.717) is 12.2 Å². The van der Waals surface area contributed by atoms with Crippen molar-refractivity contribution in [2.45, 2.75) is 39.7 Å². The topological polar surface area (TPSA) is 65.5 Å². The van der Waals surface area contributed by atoms with E-state index in [1.165, 1.54) is 0 Å². The first kappa shape index (κ1) is 16.4. The van der Waals surface area contributed by atoms with Crippen molar-refractivity contribution in [3.8, 4) is 0 Å². The van der Waals surface area contributed by atoms with E-state index in [2.05, 4.69) is 17.2 Å². The first-order valence-corrected chi connectivity index (χ1v) is 7.09. The van der Waals surface area contributed by atoms with Crippen LogP contribution in [0.25, 0.3) is 0 Å². The molecule has 0 atom stereocenters. The second kappa shape index (κ2) is 7.24. The molecule has 5 nitrogen and oxygen atoms in total. The van der Waals surface area contributed by atoms with Gasteiger partial charge in [-0.15, -0.1) is 0 Å². The van der Waals surface area contributed by atoms with Gasteiger partial charge in [0.25, 0.3) is 5.91 Å². The Labute approximate surface area is 121 Å². The van der Waals surface area contributed by atoms with Gasteiger partial charge < -0.3 is 15.3 Å². The summed E-state index contributed by atoms with van der Waals surface area (Å²) >= 11 is 0. The second-order valence-corrected chi connectivity index (χ2v) is 5.49. The van der Waals surface area contributed by atoms with Crippen LogP contribution in [0.4, 0.5) is 5.69 Å². The van der Waals surface area contributed by atoms with Crippen molar-refractivity contribution in [1.29, 1.82) is 0 Å². The first-order chi connectivity index (χ1) is 9.37. The van der Waals surface area contributed by atoms with Gasteiger partial charge in [-0.25, -0.2) is 0 Å². The first-order valence-electron chi connectivity index (χ1n) is 7.09. The molecular formula is C15H25N3O2. The lowest BCUT2D eigenvalue weighted by atomic mass is 10.1. The van der Waals surface area contributed by atoms with E-state index >= 15 is 0 Å². The summed E-state index contributed by atoms with van der Waals surface area (Å²) in [5.41, 5.74) is 0.380. The molecular weight excluding hydrogens is 254 g/mol. The minimum atomic E-state index is -0.913. The van der Waals surface area contributed by atoms with Gasteiger partial charge in [-0.05, 0) is 39.3 Å². The summed E-state index contributed by atoms with van der Waals surface area (Å²) < 4.78 is 0. The maximum Gasteiger partial charge on any atom is 0.272 e. The number of nitrogens with one attached hydrogen (secondary N) is 1. The normalized spacial score (nSPS) is 11.2. The number of hydrogen-bond donors (Lipinski definition) is 2. The van der Waals surface area contributed by atoms with E-state index in [4.69, 9.17) is 0 Å². The van der Waals surface area contributed by atoms with Crippen molar-refractivity contribution < 1.29 is 9.90 Å². The van der Waals surface area contributed by atoms with E-state index in [1.807, 2.05) is 13.0 Å². The average molecular weight is 279 g/mol. The molecule has 5 heteroatoms. The molecule has 2 N–H and O–H groups in total. The molecule has 0 fully saturated rings. The summed E-state index contributed by atoms with van der Waals surface area (Å²) in [6.07, 6.45) is 2.65. The van der Waals surface area contributed by atoms with Crippen LogP contribution in [-0.4, -0.2) is 46.1 Å². The zero-order valence-corrected chi connectivity index (χ0v) is 12.8. The van der Waals surface area contributed by atoms with E-state index in [1.54, 1.807) is 31.0 Å². The minimum Gasteiger partial charge on any atom is -0.389 e. The van der Waals surface area contributed by atoms with E-state index in [0.717, 1.165) is 18.7 Å². The van der Waals surface area contributed by atoms with Crippen LogP contribution in [0.3, 0.4) is 0 Å². The largest absolute Gasteiger partial charge is 0.389 e. The molecule has 0 aromatic carbocycles. The molecule has 0 aliphatic heterocycles. The highest BCUT2D eigenvalue weighted by Crippen LogP contribution is 2.12. The molecule has 0 saturated heterocycles. The molecule has 1 amide bonds. The Hall–Kier alpha value is -1.62. The lowest BCUT2D eigenvalue weighted by Gasteiger charge is -2.27. The maximum atomic E-state index is 12.4. The van der Waals surface area contributed by atoms with Gasteiger partial charge in [0.2, 0.25) is 0 Å². The molecule has 1 aromatic heterocycles. The number of pyridine rings is 1. The maximum absolute atomic E-state index is 12.4. The lowest BCUT2D eigenvalue weighted by Crippen LogP contribution is -2.42. The molecule has 0 aliphatic rings. The number of rotatable bonds is 7. The van der Waals surface area contributed by atoms with Crippen LogP contribution in [0, 0.1) is 0 Å². The summed E-state index contributed by atoms with van der Waals surface area (Å²) in [6.45, 7) is 9.04. The lowest BCUT2D eigenvalue weighted by molar-refractivity contribution is 0.0311. The van der Waals surface area contributed by atoms with Gasteiger partial charge >= 0.3 is 0 Å². The highest BCUT2D eigenvalue weighted by molar-refractivity contribution is 5.93. The average Bonchev–Trinajstić information content (AvgIpc) is 2.41. The number of carbonyl (C=O) groups excluding carboxylic acids is 1. The van der Waals surface area contributed by atoms with Gasteiger partial charge in [0, 0.05) is 31.5 Å². The SMILES string of the molecule is CCCNc1ccnc(C(=O)N(CC)CC(C)(C)O)c1. The fourth-order valence-electron chi connectivity index (χ4n) is 1.88. The summed E-state index contributed by atoms with van der Waals surface area (Å²) in [5.74, 6) is -0.158. The van der Waals surface area contributed by atoms with Gasteiger partial charge in [-0.1, -0.05) is 6.92 Å².